The summed E-state index contributed by atoms with van der Waals surface area (Å²) in [5.74, 6) is 0. The summed E-state index contributed by atoms with van der Waals surface area (Å²) in [6.45, 7) is 16.3. The molecular weight excluding hydrogens is 210 g/mol. The molecule has 1 aliphatic heterocycles. The largest absolute Gasteiger partial charge is 0.318 e. The second-order valence-electron chi connectivity index (χ2n) is 7.34. The fraction of sp³-hybridized carbons (Fsp3) is 1.00. The predicted octanol–water partition coefficient (Wildman–Crippen LogP) is 1.65. The van der Waals surface area contributed by atoms with Crippen molar-refractivity contribution in [2.45, 2.75) is 46.2 Å². The van der Waals surface area contributed by atoms with Gasteiger partial charge in [-0.2, -0.15) is 0 Å². The molecule has 3 heteroatoms. The lowest BCUT2D eigenvalue weighted by Crippen LogP contribution is -2.50. The van der Waals surface area contributed by atoms with Crippen molar-refractivity contribution >= 4 is 0 Å². The molecule has 17 heavy (non-hydrogen) atoms. The van der Waals surface area contributed by atoms with Crippen molar-refractivity contribution in [3.63, 3.8) is 0 Å². The van der Waals surface area contributed by atoms with Crippen LogP contribution in [0.1, 0.15) is 34.6 Å². The summed E-state index contributed by atoms with van der Waals surface area (Å²) >= 11 is 0. The van der Waals surface area contributed by atoms with E-state index < -0.39 is 0 Å². The molecule has 0 aromatic heterocycles. The number of hydrogen-bond acceptors (Lipinski definition) is 3. The summed E-state index contributed by atoms with van der Waals surface area (Å²) in [6, 6.07) is 0.612. The van der Waals surface area contributed by atoms with Crippen LogP contribution in [0.5, 0.6) is 0 Å². The lowest BCUT2D eigenvalue weighted by atomic mass is 9.91. The van der Waals surface area contributed by atoms with Crippen molar-refractivity contribution < 1.29 is 0 Å². The lowest BCUT2D eigenvalue weighted by molar-refractivity contribution is 0.0972. The smallest absolute Gasteiger partial charge is 0.0345 e. The molecule has 0 aromatic carbocycles. The van der Waals surface area contributed by atoms with Crippen molar-refractivity contribution in [3.05, 3.63) is 0 Å². The zero-order valence-electron chi connectivity index (χ0n) is 12.8. The first-order chi connectivity index (χ1) is 7.65. The van der Waals surface area contributed by atoms with Crippen molar-refractivity contribution in [1.29, 1.82) is 0 Å². The lowest BCUT2D eigenvalue weighted by Gasteiger charge is -2.39. The van der Waals surface area contributed by atoms with Gasteiger partial charge in [0, 0.05) is 37.8 Å². The second-order valence-corrected chi connectivity index (χ2v) is 7.34. The standard InChI is InChI=1S/C14H31N3/c1-13(2,3)17-9-12(8-15-6)16(7)10-14(4,5)11-17/h12,15H,8-11H2,1-7H3. The average Bonchev–Trinajstić information content (AvgIpc) is 2.22. The van der Waals surface area contributed by atoms with Gasteiger partial charge in [0.05, 0.1) is 0 Å². The van der Waals surface area contributed by atoms with E-state index >= 15 is 0 Å². The van der Waals surface area contributed by atoms with Crippen LogP contribution in [0.4, 0.5) is 0 Å². The number of rotatable bonds is 2. The second kappa shape index (κ2) is 5.25. The van der Waals surface area contributed by atoms with E-state index in [2.05, 4.69) is 56.8 Å². The van der Waals surface area contributed by atoms with E-state index in [-0.39, 0.29) is 5.54 Å². The minimum atomic E-state index is 0.258. The van der Waals surface area contributed by atoms with Crippen LogP contribution in [-0.2, 0) is 0 Å². The van der Waals surface area contributed by atoms with Crippen LogP contribution in [0, 0.1) is 5.41 Å². The molecule has 1 heterocycles. The Morgan fingerprint density at radius 3 is 2.29 bits per heavy atom. The normalized spacial score (nSPS) is 28.1. The maximum Gasteiger partial charge on any atom is 0.0345 e. The summed E-state index contributed by atoms with van der Waals surface area (Å²) < 4.78 is 0. The summed E-state index contributed by atoms with van der Waals surface area (Å²) in [5, 5.41) is 3.33. The van der Waals surface area contributed by atoms with Gasteiger partial charge in [-0.1, -0.05) is 13.8 Å². The van der Waals surface area contributed by atoms with Crippen molar-refractivity contribution in [3.8, 4) is 0 Å². The highest BCUT2D eigenvalue weighted by Crippen LogP contribution is 2.28. The highest BCUT2D eigenvalue weighted by atomic mass is 15.3. The Balaban J connectivity index is 2.86. The third kappa shape index (κ3) is 4.23. The van der Waals surface area contributed by atoms with Crippen LogP contribution in [0.3, 0.4) is 0 Å². The first-order valence-electron chi connectivity index (χ1n) is 6.75. The average molecular weight is 241 g/mol. The quantitative estimate of drug-likeness (QED) is 0.793. The van der Waals surface area contributed by atoms with Gasteiger partial charge in [-0.25, -0.2) is 0 Å². The first kappa shape index (κ1) is 14.9. The van der Waals surface area contributed by atoms with E-state index in [9.17, 15) is 0 Å². The van der Waals surface area contributed by atoms with Crippen LogP contribution in [-0.4, -0.2) is 61.7 Å². The Morgan fingerprint density at radius 1 is 1.24 bits per heavy atom. The summed E-state index contributed by atoms with van der Waals surface area (Å²) in [4.78, 5) is 5.15. The van der Waals surface area contributed by atoms with Gasteiger partial charge in [-0.15, -0.1) is 0 Å². The SMILES string of the molecule is CNCC1CN(C(C)(C)C)CC(C)(C)CN1C. The molecule has 1 N–H and O–H groups in total. The van der Waals surface area contributed by atoms with Gasteiger partial charge in [0.2, 0.25) is 0 Å². The maximum absolute atomic E-state index is 3.33. The van der Waals surface area contributed by atoms with E-state index in [1.807, 2.05) is 7.05 Å². The molecule has 0 spiro atoms. The molecule has 1 aliphatic rings. The minimum absolute atomic E-state index is 0.258. The highest BCUT2D eigenvalue weighted by molar-refractivity contribution is 4.91. The summed E-state index contributed by atoms with van der Waals surface area (Å²) in [7, 11) is 4.31. The monoisotopic (exact) mass is 241 g/mol. The molecule has 0 aromatic rings. The molecule has 1 atom stereocenters. The van der Waals surface area contributed by atoms with Gasteiger partial charge in [0.25, 0.3) is 0 Å². The molecule has 1 rings (SSSR count). The highest BCUT2D eigenvalue weighted by Gasteiger charge is 2.36. The fourth-order valence-electron chi connectivity index (χ4n) is 2.80. The molecular formula is C14H31N3. The van der Waals surface area contributed by atoms with Gasteiger partial charge in [0.15, 0.2) is 0 Å². The Hall–Kier alpha value is -0.120. The van der Waals surface area contributed by atoms with Gasteiger partial charge < -0.3 is 10.2 Å². The summed E-state index contributed by atoms with van der Waals surface area (Å²) in [6.07, 6.45) is 0. The Kier molecular flexibility index (Phi) is 4.61. The Bertz CT molecular complexity index is 242. The third-order valence-electron chi connectivity index (χ3n) is 3.74. The number of nitrogens with one attached hydrogen (secondary N) is 1. The molecule has 1 saturated heterocycles. The van der Waals surface area contributed by atoms with Gasteiger partial charge >= 0.3 is 0 Å². The maximum atomic E-state index is 3.33. The molecule has 102 valence electrons. The van der Waals surface area contributed by atoms with Gasteiger partial charge in [-0.05, 0) is 40.3 Å². The van der Waals surface area contributed by atoms with Crippen LogP contribution >= 0.6 is 0 Å². The number of nitrogens with zero attached hydrogens (tertiary/aromatic N) is 2. The van der Waals surface area contributed by atoms with E-state index in [1.165, 1.54) is 13.1 Å². The topological polar surface area (TPSA) is 18.5 Å². The first-order valence-corrected chi connectivity index (χ1v) is 6.75. The molecule has 0 amide bonds. The fourth-order valence-corrected chi connectivity index (χ4v) is 2.80. The molecule has 1 fully saturated rings. The number of hydrogen-bond donors (Lipinski definition) is 1. The van der Waals surface area contributed by atoms with Crippen LogP contribution in [0.2, 0.25) is 0 Å². The zero-order chi connectivity index (χ0) is 13.3. The third-order valence-corrected chi connectivity index (χ3v) is 3.74. The van der Waals surface area contributed by atoms with Crippen molar-refractivity contribution in [2.24, 2.45) is 5.41 Å². The summed E-state index contributed by atoms with van der Waals surface area (Å²) in [5.41, 5.74) is 0.624. The zero-order valence-corrected chi connectivity index (χ0v) is 12.8. The number of likely N-dealkylation sites (N-methyl/N-ethyl adjacent to an activating group) is 2. The van der Waals surface area contributed by atoms with Crippen molar-refractivity contribution in [2.75, 3.05) is 40.3 Å². The van der Waals surface area contributed by atoms with Crippen LogP contribution < -0.4 is 5.32 Å². The minimum Gasteiger partial charge on any atom is -0.318 e. The Morgan fingerprint density at radius 2 is 1.82 bits per heavy atom. The molecule has 0 aliphatic carbocycles. The molecule has 0 saturated carbocycles. The molecule has 0 radical (unpaired) electrons. The van der Waals surface area contributed by atoms with E-state index in [0.29, 0.717) is 11.5 Å². The Labute approximate surface area is 108 Å². The van der Waals surface area contributed by atoms with E-state index in [1.54, 1.807) is 0 Å². The van der Waals surface area contributed by atoms with Crippen molar-refractivity contribution in [1.82, 2.24) is 15.1 Å². The van der Waals surface area contributed by atoms with E-state index in [4.69, 9.17) is 0 Å². The van der Waals surface area contributed by atoms with Gasteiger partial charge in [0.1, 0.15) is 0 Å². The van der Waals surface area contributed by atoms with Crippen LogP contribution in [0.25, 0.3) is 0 Å². The molecule has 3 nitrogen and oxygen atoms in total. The van der Waals surface area contributed by atoms with Crippen LogP contribution in [0.15, 0.2) is 0 Å². The molecule has 0 bridgehead atoms. The van der Waals surface area contributed by atoms with E-state index in [0.717, 1.165) is 13.1 Å². The predicted molar refractivity (Wildman–Crippen MR) is 75.5 cm³/mol. The van der Waals surface area contributed by atoms with Gasteiger partial charge in [-0.3, -0.25) is 4.90 Å². The molecule has 1 unspecified atom stereocenters.